The zero-order chi connectivity index (χ0) is 27.6. The third kappa shape index (κ3) is 4.93. The minimum atomic E-state index is -4.62. The number of carbonyl (C=O) groups excluding carboxylic acids is 2. The lowest BCUT2D eigenvalue weighted by Gasteiger charge is -2.26. The Balaban J connectivity index is 1.93. The summed E-state index contributed by atoms with van der Waals surface area (Å²) in [7, 11) is 0. The summed E-state index contributed by atoms with van der Waals surface area (Å²) in [6.07, 6.45) is -4.62. The molecule has 4 rings (SSSR count). The molecule has 0 bridgehead atoms. The fourth-order valence-electron chi connectivity index (χ4n) is 4.28. The fourth-order valence-corrected chi connectivity index (χ4v) is 4.28. The van der Waals surface area contributed by atoms with Crippen molar-refractivity contribution < 1.29 is 41.7 Å². The molecule has 0 saturated carbocycles. The first kappa shape index (κ1) is 26.7. The highest BCUT2D eigenvalue weighted by Gasteiger charge is 2.48. The van der Waals surface area contributed by atoms with E-state index in [1.54, 1.807) is 13.8 Å². The van der Waals surface area contributed by atoms with Crippen molar-refractivity contribution in [3.05, 3.63) is 94.8 Å². The van der Waals surface area contributed by atoms with Gasteiger partial charge in [-0.1, -0.05) is 18.2 Å². The molecule has 0 radical (unpaired) electrons. The molecular weight excluding hydrogens is 506 g/mol. The second-order valence-electron chi connectivity index (χ2n) is 8.26. The molecule has 1 aliphatic heterocycles. The number of halogens is 4. The number of nitrogens with zero attached hydrogens (tertiary/aromatic N) is 1. The van der Waals surface area contributed by atoms with Gasteiger partial charge in [0, 0.05) is 17.3 Å². The maximum atomic E-state index is 15.0. The molecule has 6 nitrogen and oxygen atoms in total. The Labute approximate surface area is 215 Å². The molecular formula is C28H23F4NO5. The third-order valence-electron chi connectivity index (χ3n) is 5.94. The first-order valence-electron chi connectivity index (χ1n) is 11.7. The van der Waals surface area contributed by atoms with Crippen LogP contribution < -0.4 is 14.4 Å². The molecule has 3 aromatic rings. The van der Waals surface area contributed by atoms with Gasteiger partial charge in [0.05, 0.1) is 36.0 Å². The van der Waals surface area contributed by atoms with Crippen LogP contribution in [0.25, 0.3) is 5.76 Å². The molecule has 1 fully saturated rings. The van der Waals surface area contributed by atoms with Crippen molar-refractivity contribution in [2.45, 2.75) is 26.1 Å². The molecule has 1 saturated heterocycles. The Morgan fingerprint density at radius 2 is 1.61 bits per heavy atom. The molecule has 38 heavy (non-hydrogen) atoms. The molecule has 1 heterocycles. The number of hydrogen-bond acceptors (Lipinski definition) is 5. The lowest BCUT2D eigenvalue weighted by atomic mass is 9.94. The standard InChI is InChI=1S/C28H23F4NO5/c1-3-37-18-13-14-20(22(15-18)38-4-2)25(34)23-24(19-7-5-6-8-21(19)29)33(27(36)26(23)35)17-11-9-16(10-12-17)28(30,31)32/h5-15,24,34H,3-4H2,1-2H3/b25-23+. The van der Waals surface area contributed by atoms with Crippen LogP contribution in [0.15, 0.2) is 72.3 Å². The van der Waals surface area contributed by atoms with E-state index in [1.807, 2.05) is 0 Å². The van der Waals surface area contributed by atoms with Crippen molar-refractivity contribution in [3.63, 3.8) is 0 Å². The Bertz CT molecular complexity index is 1400. The van der Waals surface area contributed by atoms with Crippen molar-refractivity contribution in [2.75, 3.05) is 18.1 Å². The maximum absolute atomic E-state index is 15.0. The predicted molar refractivity (Wildman–Crippen MR) is 131 cm³/mol. The largest absolute Gasteiger partial charge is 0.507 e. The fraction of sp³-hybridized carbons (Fsp3) is 0.214. The summed E-state index contributed by atoms with van der Waals surface area (Å²) in [5.74, 6) is -3.08. The number of anilines is 1. The molecule has 198 valence electrons. The smallest absolute Gasteiger partial charge is 0.416 e. The van der Waals surface area contributed by atoms with Crippen molar-refractivity contribution in [1.29, 1.82) is 0 Å². The van der Waals surface area contributed by atoms with Gasteiger partial charge in [-0.3, -0.25) is 14.5 Å². The van der Waals surface area contributed by atoms with Crippen LogP contribution >= 0.6 is 0 Å². The minimum Gasteiger partial charge on any atom is -0.507 e. The van der Waals surface area contributed by atoms with Gasteiger partial charge in [-0.25, -0.2) is 4.39 Å². The summed E-state index contributed by atoms with van der Waals surface area (Å²) in [6.45, 7) is 4.06. The van der Waals surface area contributed by atoms with E-state index in [2.05, 4.69) is 0 Å². The van der Waals surface area contributed by atoms with E-state index in [1.165, 1.54) is 36.4 Å². The molecule has 10 heteroatoms. The molecule has 1 aliphatic rings. The highest BCUT2D eigenvalue weighted by Crippen LogP contribution is 2.44. The SMILES string of the molecule is CCOc1ccc(/C(O)=C2\C(=O)C(=O)N(c3ccc(C(F)(F)F)cc3)C2c2ccccc2F)c(OCC)c1. The average Bonchev–Trinajstić information content (AvgIpc) is 3.14. The van der Waals surface area contributed by atoms with E-state index in [4.69, 9.17) is 9.47 Å². The Kier molecular flexibility index (Phi) is 7.43. The van der Waals surface area contributed by atoms with Gasteiger partial charge in [0.25, 0.3) is 11.7 Å². The molecule has 1 unspecified atom stereocenters. The van der Waals surface area contributed by atoms with E-state index in [0.29, 0.717) is 12.4 Å². The molecule has 1 amide bonds. The van der Waals surface area contributed by atoms with Crippen LogP contribution in [0, 0.1) is 5.82 Å². The quantitative estimate of drug-likeness (QED) is 0.169. The van der Waals surface area contributed by atoms with Gasteiger partial charge >= 0.3 is 6.18 Å². The van der Waals surface area contributed by atoms with Crippen LogP contribution in [0.4, 0.5) is 23.2 Å². The first-order chi connectivity index (χ1) is 18.1. The highest BCUT2D eigenvalue weighted by atomic mass is 19.4. The van der Waals surface area contributed by atoms with Crippen molar-refractivity contribution in [3.8, 4) is 11.5 Å². The number of aliphatic hydroxyl groups is 1. The Morgan fingerprint density at radius 1 is 0.947 bits per heavy atom. The molecule has 1 atom stereocenters. The number of rotatable bonds is 7. The highest BCUT2D eigenvalue weighted by molar-refractivity contribution is 6.51. The van der Waals surface area contributed by atoms with Gasteiger partial charge in [0.2, 0.25) is 0 Å². The van der Waals surface area contributed by atoms with Crippen LogP contribution in [0.5, 0.6) is 11.5 Å². The van der Waals surface area contributed by atoms with Crippen LogP contribution in [-0.4, -0.2) is 30.0 Å². The van der Waals surface area contributed by atoms with Crippen LogP contribution in [-0.2, 0) is 15.8 Å². The lowest BCUT2D eigenvalue weighted by molar-refractivity contribution is -0.137. The van der Waals surface area contributed by atoms with Gasteiger partial charge in [-0.05, 0) is 56.3 Å². The summed E-state index contributed by atoms with van der Waals surface area (Å²) in [5.41, 5.74) is -1.55. The number of benzene rings is 3. The normalized spacial score (nSPS) is 17.1. The molecule has 0 aliphatic carbocycles. The number of ether oxygens (including phenoxy) is 2. The predicted octanol–water partition coefficient (Wildman–Crippen LogP) is 6.27. The number of amides is 1. The van der Waals surface area contributed by atoms with Gasteiger partial charge < -0.3 is 14.6 Å². The minimum absolute atomic E-state index is 0.0575. The molecule has 0 spiro atoms. The molecule has 1 N–H and O–H groups in total. The maximum Gasteiger partial charge on any atom is 0.416 e. The van der Waals surface area contributed by atoms with Crippen LogP contribution in [0.2, 0.25) is 0 Å². The number of aliphatic hydroxyl groups excluding tert-OH is 1. The summed E-state index contributed by atoms with van der Waals surface area (Å²) < 4.78 is 65.5. The first-order valence-corrected chi connectivity index (χ1v) is 11.7. The van der Waals surface area contributed by atoms with E-state index < -0.39 is 46.6 Å². The van der Waals surface area contributed by atoms with Gasteiger partial charge in [0.1, 0.15) is 23.1 Å². The average molecular weight is 529 g/mol. The van der Waals surface area contributed by atoms with E-state index in [9.17, 15) is 27.9 Å². The second-order valence-corrected chi connectivity index (χ2v) is 8.26. The summed E-state index contributed by atoms with van der Waals surface area (Å²) in [4.78, 5) is 27.4. The zero-order valence-corrected chi connectivity index (χ0v) is 20.4. The third-order valence-corrected chi connectivity index (χ3v) is 5.94. The zero-order valence-electron chi connectivity index (χ0n) is 20.4. The van der Waals surface area contributed by atoms with Gasteiger partial charge in [0.15, 0.2) is 0 Å². The van der Waals surface area contributed by atoms with Crippen molar-refractivity contribution >= 4 is 23.1 Å². The van der Waals surface area contributed by atoms with E-state index in [-0.39, 0.29) is 29.2 Å². The monoisotopic (exact) mass is 529 g/mol. The summed E-state index contributed by atoms with van der Waals surface area (Å²) in [6, 6.07) is 11.9. The van der Waals surface area contributed by atoms with E-state index in [0.717, 1.165) is 35.2 Å². The Morgan fingerprint density at radius 3 is 2.21 bits per heavy atom. The number of alkyl halides is 3. The van der Waals surface area contributed by atoms with Gasteiger partial charge in [-0.2, -0.15) is 13.2 Å². The number of ketones is 1. The van der Waals surface area contributed by atoms with Crippen LogP contribution in [0.3, 0.4) is 0 Å². The molecule has 3 aromatic carbocycles. The second kappa shape index (κ2) is 10.6. The molecule has 0 aromatic heterocycles. The summed E-state index contributed by atoms with van der Waals surface area (Å²) >= 11 is 0. The topological polar surface area (TPSA) is 76.1 Å². The lowest BCUT2D eigenvalue weighted by Crippen LogP contribution is -2.30. The van der Waals surface area contributed by atoms with Crippen molar-refractivity contribution in [2.24, 2.45) is 0 Å². The van der Waals surface area contributed by atoms with Crippen LogP contribution in [0.1, 0.15) is 36.6 Å². The number of Topliss-reactive ketones (excluding diaryl/α,β-unsaturated/α-hetero) is 1. The van der Waals surface area contributed by atoms with Gasteiger partial charge in [-0.15, -0.1) is 0 Å². The number of carbonyl (C=O) groups is 2. The summed E-state index contributed by atoms with van der Waals surface area (Å²) in [5, 5.41) is 11.4. The Hall–Kier alpha value is -4.34. The van der Waals surface area contributed by atoms with Crippen molar-refractivity contribution in [1.82, 2.24) is 0 Å². The number of hydrogen-bond donors (Lipinski definition) is 1. The van der Waals surface area contributed by atoms with E-state index >= 15 is 4.39 Å².